The van der Waals surface area contributed by atoms with Gasteiger partial charge in [-0.05, 0) is 29.3 Å². The van der Waals surface area contributed by atoms with Gasteiger partial charge in [0.05, 0.1) is 11.0 Å². The van der Waals surface area contributed by atoms with Crippen LogP contribution in [0.5, 0.6) is 0 Å². The number of pyridine rings is 1. The second-order valence-electron chi connectivity index (χ2n) is 5.34. The van der Waals surface area contributed by atoms with Gasteiger partial charge in [0.2, 0.25) is 0 Å². The number of fused-ring (bicyclic) bond motifs is 2. The molecule has 0 bridgehead atoms. The van der Waals surface area contributed by atoms with Crippen LogP contribution < -0.4 is 0 Å². The zero-order valence-corrected chi connectivity index (χ0v) is 12.1. The van der Waals surface area contributed by atoms with Gasteiger partial charge in [0.25, 0.3) is 0 Å². The first kappa shape index (κ1) is 12.8. The fourth-order valence-electron chi connectivity index (χ4n) is 2.72. The SMILES string of the molecule is C(=Cc1cccc2nc3ccccc3cc12)c1ccccc1. The topological polar surface area (TPSA) is 12.9 Å². The van der Waals surface area contributed by atoms with Gasteiger partial charge in [-0.1, -0.05) is 72.8 Å². The van der Waals surface area contributed by atoms with Crippen molar-refractivity contribution in [1.82, 2.24) is 4.98 Å². The van der Waals surface area contributed by atoms with Crippen molar-refractivity contribution in [2.24, 2.45) is 0 Å². The van der Waals surface area contributed by atoms with E-state index in [1.165, 1.54) is 21.9 Å². The van der Waals surface area contributed by atoms with Crippen molar-refractivity contribution in [1.29, 1.82) is 0 Å². The van der Waals surface area contributed by atoms with Crippen LogP contribution >= 0.6 is 0 Å². The third kappa shape index (κ3) is 2.38. The predicted octanol–water partition coefficient (Wildman–Crippen LogP) is 5.56. The highest BCUT2D eigenvalue weighted by Crippen LogP contribution is 2.24. The fraction of sp³-hybridized carbons (Fsp3) is 0. The molecule has 0 saturated carbocycles. The van der Waals surface area contributed by atoms with Crippen LogP contribution in [0, 0.1) is 0 Å². The molecule has 0 amide bonds. The van der Waals surface area contributed by atoms with E-state index < -0.39 is 0 Å². The highest BCUT2D eigenvalue weighted by Gasteiger charge is 2.02. The Morgan fingerprint density at radius 1 is 0.636 bits per heavy atom. The van der Waals surface area contributed by atoms with Gasteiger partial charge in [-0.2, -0.15) is 0 Å². The third-order valence-electron chi connectivity index (χ3n) is 3.85. The van der Waals surface area contributed by atoms with Crippen molar-refractivity contribution in [2.45, 2.75) is 0 Å². The predicted molar refractivity (Wildman–Crippen MR) is 94.6 cm³/mol. The molecule has 104 valence electrons. The Morgan fingerprint density at radius 3 is 2.32 bits per heavy atom. The molecule has 0 N–H and O–H groups in total. The molecule has 0 fully saturated rings. The molecule has 1 heteroatoms. The van der Waals surface area contributed by atoms with Crippen molar-refractivity contribution < 1.29 is 0 Å². The number of benzene rings is 3. The minimum atomic E-state index is 1.04. The molecule has 0 aliphatic heterocycles. The number of nitrogens with zero attached hydrogens (tertiary/aromatic N) is 1. The maximum Gasteiger partial charge on any atom is 0.0715 e. The van der Waals surface area contributed by atoms with Gasteiger partial charge in [0.1, 0.15) is 0 Å². The molecule has 0 unspecified atom stereocenters. The van der Waals surface area contributed by atoms with Gasteiger partial charge in [0.15, 0.2) is 0 Å². The summed E-state index contributed by atoms with van der Waals surface area (Å²) < 4.78 is 0. The number of para-hydroxylation sites is 1. The van der Waals surface area contributed by atoms with E-state index in [1.807, 2.05) is 12.1 Å². The van der Waals surface area contributed by atoms with Crippen LogP contribution in [0.1, 0.15) is 11.1 Å². The van der Waals surface area contributed by atoms with Gasteiger partial charge < -0.3 is 0 Å². The van der Waals surface area contributed by atoms with E-state index in [4.69, 9.17) is 4.98 Å². The Balaban J connectivity index is 1.87. The van der Waals surface area contributed by atoms with Gasteiger partial charge in [-0.3, -0.25) is 0 Å². The zero-order chi connectivity index (χ0) is 14.8. The first-order chi connectivity index (χ1) is 10.9. The van der Waals surface area contributed by atoms with E-state index >= 15 is 0 Å². The molecule has 4 aromatic rings. The van der Waals surface area contributed by atoms with E-state index in [0.29, 0.717) is 0 Å². The molecule has 0 spiro atoms. The average molecular weight is 281 g/mol. The van der Waals surface area contributed by atoms with Crippen LogP contribution in [-0.4, -0.2) is 4.98 Å². The van der Waals surface area contributed by atoms with Crippen LogP contribution in [0.25, 0.3) is 34.0 Å². The quantitative estimate of drug-likeness (QED) is 0.346. The Hall–Kier alpha value is -2.93. The smallest absolute Gasteiger partial charge is 0.0715 e. The summed E-state index contributed by atoms with van der Waals surface area (Å²) in [7, 11) is 0. The van der Waals surface area contributed by atoms with Crippen LogP contribution in [0.3, 0.4) is 0 Å². The highest BCUT2D eigenvalue weighted by molar-refractivity contribution is 5.98. The molecule has 0 radical (unpaired) electrons. The minimum absolute atomic E-state index is 1.04. The van der Waals surface area contributed by atoms with Crippen molar-refractivity contribution in [3.8, 4) is 0 Å². The Kier molecular flexibility index (Phi) is 3.17. The fourth-order valence-corrected chi connectivity index (χ4v) is 2.72. The lowest BCUT2D eigenvalue weighted by molar-refractivity contribution is 1.49. The van der Waals surface area contributed by atoms with Gasteiger partial charge in [-0.15, -0.1) is 0 Å². The Bertz CT molecular complexity index is 969. The average Bonchev–Trinajstić information content (AvgIpc) is 2.59. The van der Waals surface area contributed by atoms with Gasteiger partial charge >= 0.3 is 0 Å². The summed E-state index contributed by atoms with van der Waals surface area (Å²) in [5, 5.41) is 2.36. The molecule has 22 heavy (non-hydrogen) atoms. The van der Waals surface area contributed by atoms with E-state index in [1.54, 1.807) is 0 Å². The maximum absolute atomic E-state index is 4.76. The second kappa shape index (κ2) is 5.45. The maximum atomic E-state index is 4.76. The van der Waals surface area contributed by atoms with Crippen LogP contribution in [0.2, 0.25) is 0 Å². The third-order valence-corrected chi connectivity index (χ3v) is 3.85. The molecule has 1 heterocycles. The summed E-state index contributed by atoms with van der Waals surface area (Å²) in [6.45, 7) is 0. The highest BCUT2D eigenvalue weighted by atomic mass is 14.7. The summed E-state index contributed by atoms with van der Waals surface area (Å²) in [5.41, 5.74) is 4.47. The molecule has 0 aliphatic rings. The normalized spacial score (nSPS) is 11.5. The van der Waals surface area contributed by atoms with Crippen molar-refractivity contribution in [3.63, 3.8) is 0 Å². The van der Waals surface area contributed by atoms with Crippen molar-refractivity contribution in [3.05, 3.63) is 90.0 Å². The molecule has 0 saturated heterocycles. The molecule has 1 aromatic heterocycles. The number of rotatable bonds is 2. The van der Waals surface area contributed by atoms with E-state index in [2.05, 4.69) is 78.9 Å². The summed E-state index contributed by atoms with van der Waals surface area (Å²) in [4.78, 5) is 4.76. The van der Waals surface area contributed by atoms with Crippen LogP contribution in [0.15, 0.2) is 78.9 Å². The van der Waals surface area contributed by atoms with Crippen LogP contribution in [0.4, 0.5) is 0 Å². The molecule has 1 nitrogen and oxygen atoms in total. The lowest BCUT2D eigenvalue weighted by Gasteiger charge is -2.04. The molecule has 0 aliphatic carbocycles. The first-order valence-electron chi connectivity index (χ1n) is 7.42. The lowest BCUT2D eigenvalue weighted by atomic mass is 10.0. The molecule has 0 atom stereocenters. The van der Waals surface area contributed by atoms with Crippen molar-refractivity contribution in [2.75, 3.05) is 0 Å². The summed E-state index contributed by atoms with van der Waals surface area (Å²) >= 11 is 0. The van der Waals surface area contributed by atoms with E-state index in [9.17, 15) is 0 Å². The molecule has 4 rings (SSSR count). The Morgan fingerprint density at radius 2 is 1.41 bits per heavy atom. The number of hydrogen-bond acceptors (Lipinski definition) is 1. The largest absolute Gasteiger partial charge is 0.248 e. The molecular formula is C21H15N. The standard InChI is InChI=1S/C21H15N/c1-2-7-16(8-3-1)13-14-17-10-6-12-21-19(17)15-18-9-4-5-11-20(18)22-21/h1-15H. The van der Waals surface area contributed by atoms with Gasteiger partial charge in [-0.25, -0.2) is 4.98 Å². The van der Waals surface area contributed by atoms with E-state index in [0.717, 1.165) is 11.0 Å². The Labute approximate surface area is 129 Å². The van der Waals surface area contributed by atoms with E-state index in [-0.39, 0.29) is 0 Å². The first-order valence-corrected chi connectivity index (χ1v) is 7.42. The summed E-state index contributed by atoms with van der Waals surface area (Å²) in [6.07, 6.45) is 4.30. The lowest BCUT2D eigenvalue weighted by Crippen LogP contribution is -1.84. The van der Waals surface area contributed by atoms with Crippen molar-refractivity contribution >= 4 is 34.0 Å². The zero-order valence-electron chi connectivity index (χ0n) is 12.1. The molecule has 3 aromatic carbocycles. The molecular weight excluding hydrogens is 266 g/mol. The van der Waals surface area contributed by atoms with Crippen LogP contribution in [-0.2, 0) is 0 Å². The monoisotopic (exact) mass is 281 g/mol. The second-order valence-corrected chi connectivity index (χ2v) is 5.34. The number of aromatic nitrogens is 1. The summed E-state index contributed by atoms with van der Waals surface area (Å²) in [6, 6.07) is 27.1. The minimum Gasteiger partial charge on any atom is -0.248 e. The number of hydrogen-bond donors (Lipinski definition) is 0. The van der Waals surface area contributed by atoms with Gasteiger partial charge in [0, 0.05) is 10.8 Å². The summed E-state index contributed by atoms with van der Waals surface area (Å²) in [5.74, 6) is 0.